The van der Waals surface area contributed by atoms with Gasteiger partial charge in [0.05, 0.1) is 12.5 Å². The van der Waals surface area contributed by atoms with Gasteiger partial charge in [-0.1, -0.05) is 26.7 Å². The lowest BCUT2D eigenvalue weighted by Gasteiger charge is -2.26. The summed E-state index contributed by atoms with van der Waals surface area (Å²) in [6.45, 7) is 4.91. The molecule has 0 aromatic rings. The van der Waals surface area contributed by atoms with Crippen molar-refractivity contribution in [3.8, 4) is 0 Å². The van der Waals surface area contributed by atoms with E-state index in [-0.39, 0.29) is 17.9 Å². The molecule has 0 heterocycles. The molecule has 0 aromatic heterocycles. The van der Waals surface area contributed by atoms with Crippen molar-refractivity contribution < 1.29 is 9.53 Å². The van der Waals surface area contributed by atoms with E-state index in [1.807, 2.05) is 0 Å². The van der Waals surface area contributed by atoms with E-state index in [4.69, 9.17) is 10.5 Å². The summed E-state index contributed by atoms with van der Waals surface area (Å²) in [6.07, 6.45) is 6.21. The molecule has 0 aliphatic heterocycles. The predicted molar refractivity (Wildman–Crippen MR) is 65.0 cm³/mol. The third kappa shape index (κ3) is 4.52. The number of carbonyl (C=O) groups excluding carboxylic acids is 1. The lowest BCUT2D eigenvalue weighted by Crippen LogP contribution is -2.39. The van der Waals surface area contributed by atoms with Crippen LogP contribution < -0.4 is 5.73 Å². The molecule has 0 aromatic carbocycles. The first-order valence-electron chi connectivity index (χ1n) is 6.53. The molecule has 3 nitrogen and oxygen atoms in total. The summed E-state index contributed by atoms with van der Waals surface area (Å²) in [6, 6.07) is 0.0198. The Morgan fingerprint density at radius 3 is 2.69 bits per heavy atom. The smallest absolute Gasteiger partial charge is 0.310 e. The summed E-state index contributed by atoms with van der Waals surface area (Å²) in [5.41, 5.74) is 5.93. The fourth-order valence-corrected chi connectivity index (χ4v) is 2.22. The first-order chi connectivity index (χ1) is 7.61. The van der Waals surface area contributed by atoms with Crippen molar-refractivity contribution in [3.05, 3.63) is 0 Å². The summed E-state index contributed by atoms with van der Waals surface area (Å²) in [5, 5.41) is 0. The Hall–Kier alpha value is -0.570. The van der Waals surface area contributed by atoms with Crippen LogP contribution in [-0.4, -0.2) is 18.6 Å². The topological polar surface area (TPSA) is 52.3 Å². The van der Waals surface area contributed by atoms with Crippen molar-refractivity contribution >= 4 is 5.97 Å². The van der Waals surface area contributed by atoms with Crippen molar-refractivity contribution in [1.29, 1.82) is 0 Å². The second-order valence-corrected chi connectivity index (χ2v) is 5.26. The highest BCUT2D eigenvalue weighted by Gasteiger charge is 2.29. The molecule has 0 spiro atoms. The van der Waals surface area contributed by atoms with Crippen molar-refractivity contribution in [3.63, 3.8) is 0 Å². The normalized spacial score (nSPS) is 25.8. The Morgan fingerprint density at radius 1 is 1.38 bits per heavy atom. The van der Waals surface area contributed by atoms with E-state index < -0.39 is 0 Å². The molecule has 16 heavy (non-hydrogen) atoms. The van der Waals surface area contributed by atoms with Gasteiger partial charge in [-0.3, -0.25) is 4.79 Å². The van der Waals surface area contributed by atoms with Crippen molar-refractivity contribution in [2.24, 2.45) is 17.6 Å². The van der Waals surface area contributed by atoms with Crippen LogP contribution in [0.4, 0.5) is 0 Å². The van der Waals surface area contributed by atoms with Crippen molar-refractivity contribution in [2.45, 2.75) is 58.4 Å². The van der Waals surface area contributed by atoms with Crippen LogP contribution in [0.1, 0.15) is 52.4 Å². The van der Waals surface area contributed by atoms with Gasteiger partial charge in [-0.15, -0.1) is 0 Å². The summed E-state index contributed by atoms with van der Waals surface area (Å²) in [4.78, 5) is 11.8. The highest BCUT2D eigenvalue weighted by atomic mass is 16.5. The lowest BCUT2D eigenvalue weighted by atomic mass is 9.85. The van der Waals surface area contributed by atoms with E-state index >= 15 is 0 Å². The molecule has 2 unspecified atom stereocenters. The van der Waals surface area contributed by atoms with Gasteiger partial charge in [0.2, 0.25) is 0 Å². The maximum absolute atomic E-state index is 11.8. The highest BCUT2D eigenvalue weighted by molar-refractivity contribution is 5.73. The first-order valence-corrected chi connectivity index (χ1v) is 6.53. The molecule has 0 radical (unpaired) electrons. The van der Waals surface area contributed by atoms with Gasteiger partial charge < -0.3 is 10.5 Å². The third-order valence-corrected chi connectivity index (χ3v) is 3.29. The van der Waals surface area contributed by atoms with Gasteiger partial charge in [0, 0.05) is 6.04 Å². The zero-order chi connectivity index (χ0) is 12.0. The largest absolute Gasteiger partial charge is 0.465 e. The molecule has 0 saturated heterocycles. The Bertz CT molecular complexity index is 216. The Kier molecular flexibility index (Phi) is 5.81. The van der Waals surface area contributed by atoms with Gasteiger partial charge >= 0.3 is 5.97 Å². The third-order valence-electron chi connectivity index (χ3n) is 3.29. The number of nitrogens with two attached hydrogens (primary N) is 1. The van der Waals surface area contributed by atoms with Gasteiger partial charge in [0.1, 0.15) is 0 Å². The predicted octanol–water partition coefficient (Wildman–Crippen LogP) is 2.48. The lowest BCUT2D eigenvalue weighted by molar-refractivity contribution is -0.150. The van der Waals surface area contributed by atoms with Gasteiger partial charge in [-0.05, 0) is 31.6 Å². The van der Waals surface area contributed by atoms with Crippen molar-refractivity contribution in [1.82, 2.24) is 0 Å². The zero-order valence-electron chi connectivity index (χ0n) is 10.6. The quantitative estimate of drug-likeness (QED) is 0.580. The van der Waals surface area contributed by atoms with E-state index in [2.05, 4.69) is 13.8 Å². The van der Waals surface area contributed by atoms with Crippen LogP contribution in [0.3, 0.4) is 0 Å². The Morgan fingerprint density at radius 2 is 2.06 bits per heavy atom. The first kappa shape index (κ1) is 13.5. The minimum atomic E-state index is -0.0732. The van der Waals surface area contributed by atoms with Crippen LogP contribution in [0, 0.1) is 11.8 Å². The van der Waals surface area contributed by atoms with E-state index in [1.54, 1.807) is 0 Å². The summed E-state index contributed by atoms with van der Waals surface area (Å²) >= 11 is 0. The fraction of sp³-hybridized carbons (Fsp3) is 0.923. The summed E-state index contributed by atoms with van der Waals surface area (Å²) in [5.74, 6) is 0.555. The number of carbonyl (C=O) groups is 1. The molecule has 3 heteroatoms. The van der Waals surface area contributed by atoms with Gasteiger partial charge in [-0.2, -0.15) is 0 Å². The number of esters is 1. The average molecular weight is 227 g/mol. The van der Waals surface area contributed by atoms with Gasteiger partial charge in [-0.25, -0.2) is 0 Å². The molecule has 2 atom stereocenters. The average Bonchev–Trinajstić information content (AvgIpc) is 2.24. The molecule has 1 fully saturated rings. The molecule has 94 valence electrons. The van der Waals surface area contributed by atoms with Crippen molar-refractivity contribution in [2.75, 3.05) is 6.61 Å². The van der Waals surface area contributed by atoms with E-state index in [9.17, 15) is 4.79 Å². The number of hydrogen-bond acceptors (Lipinski definition) is 3. The van der Waals surface area contributed by atoms with Crippen LogP contribution in [0.2, 0.25) is 0 Å². The van der Waals surface area contributed by atoms with Crippen LogP contribution in [0.15, 0.2) is 0 Å². The molecular formula is C13H25NO2. The van der Waals surface area contributed by atoms with Gasteiger partial charge in [0.15, 0.2) is 0 Å². The molecule has 0 bridgehead atoms. The molecular weight excluding hydrogens is 202 g/mol. The van der Waals surface area contributed by atoms with Crippen LogP contribution in [-0.2, 0) is 9.53 Å². The molecule has 1 rings (SSSR count). The molecule has 1 saturated carbocycles. The van der Waals surface area contributed by atoms with Gasteiger partial charge in [0.25, 0.3) is 0 Å². The minimum absolute atomic E-state index is 0.0198. The molecule has 1 aliphatic carbocycles. The fourth-order valence-electron chi connectivity index (χ4n) is 2.22. The highest BCUT2D eigenvalue weighted by Crippen LogP contribution is 2.24. The monoisotopic (exact) mass is 227 g/mol. The molecule has 1 aliphatic rings. The summed E-state index contributed by atoms with van der Waals surface area (Å²) in [7, 11) is 0. The maximum Gasteiger partial charge on any atom is 0.310 e. The Labute approximate surface area is 98.7 Å². The number of hydrogen-bond donors (Lipinski definition) is 1. The van der Waals surface area contributed by atoms with Crippen LogP contribution >= 0.6 is 0 Å². The number of ether oxygens (including phenoxy) is 1. The SMILES string of the molecule is CC(C)CCCOC(=O)C1CCCCC1N. The van der Waals surface area contributed by atoms with Crippen LogP contribution in [0.25, 0.3) is 0 Å². The molecule has 2 N–H and O–H groups in total. The second kappa shape index (κ2) is 6.89. The van der Waals surface area contributed by atoms with E-state index in [0.29, 0.717) is 12.5 Å². The van der Waals surface area contributed by atoms with E-state index in [0.717, 1.165) is 38.5 Å². The zero-order valence-corrected chi connectivity index (χ0v) is 10.6. The maximum atomic E-state index is 11.8. The number of rotatable bonds is 5. The standard InChI is InChI=1S/C13H25NO2/c1-10(2)6-5-9-16-13(15)11-7-3-4-8-12(11)14/h10-12H,3-9,14H2,1-2H3. The molecule has 0 amide bonds. The van der Waals surface area contributed by atoms with E-state index in [1.165, 1.54) is 0 Å². The Balaban J connectivity index is 2.18. The minimum Gasteiger partial charge on any atom is -0.465 e. The van der Waals surface area contributed by atoms with Crippen LogP contribution in [0.5, 0.6) is 0 Å². The summed E-state index contributed by atoms with van der Waals surface area (Å²) < 4.78 is 5.28. The second-order valence-electron chi connectivity index (χ2n) is 5.26.